The van der Waals surface area contributed by atoms with Gasteiger partial charge in [0.15, 0.2) is 11.5 Å². The molecule has 0 amide bonds. The summed E-state index contributed by atoms with van der Waals surface area (Å²) in [5.41, 5.74) is 4.44. The SMILES string of the molecule is COc1ccc2c(c1OC)C(=O)O[C@@H]2Nc1ccc(C)c(C)c1. The summed E-state index contributed by atoms with van der Waals surface area (Å²) in [7, 11) is 3.05. The van der Waals surface area contributed by atoms with E-state index < -0.39 is 12.2 Å². The number of cyclic esters (lactones) is 1. The van der Waals surface area contributed by atoms with Crippen LogP contribution in [0.3, 0.4) is 0 Å². The van der Waals surface area contributed by atoms with Gasteiger partial charge in [-0.15, -0.1) is 0 Å². The molecule has 1 heterocycles. The number of methoxy groups -OCH3 is 2. The summed E-state index contributed by atoms with van der Waals surface area (Å²) in [5.74, 6) is 0.492. The van der Waals surface area contributed by atoms with E-state index in [2.05, 4.69) is 12.2 Å². The summed E-state index contributed by atoms with van der Waals surface area (Å²) >= 11 is 0. The van der Waals surface area contributed by atoms with E-state index >= 15 is 0 Å². The Labute approximate surface area is 135 Å². The second-order valence-electron chi connectivity index (χ2n) is 5.49. The molecule has 0 fully saturated rings. The first-order valence-corrected chi connectivity index (χ1v) is 7.34. The molecule has 1 N–H and O–H groups in total. The summed E-state index contributed by atoms with van der Waals surface area (Å²) in [5, 5.41) is 3.24. The molecule has 3 rings (SSSR count). The monoisotopic (exact) mass is 313 g/mol. The lowest BCUT2D eigenvalue weighted by molar-refractivity contribution is 0.0435. The summed E-state index contributed by atoms with van der Waals surface area (Å²) in [6.07, 6.45) is -0.542. The maximum atomic E-state index is 12.2. The van der Waals surface area contributed by atoms with E-state index in [0.29, 0.717) is 17.1 Å². The lowest BCUT2D eigenvalue weighted by Crippen LogP contribution is -2.10. The molecule has 0 bridgehead atoms. The summed E-state index contributed by atoms with van der Waals surface area (Å²) in [6, 6.07) is 9.62. The molecule has 1 aliphatic rings. The van der Waals surface area contributed by atoms with Crippen LogP contribution in [-0.4, -0.2) is 20.2 Å². The molecule has 5 nitrogen and oxygen atoms in total. The van der Waals surface area contributed by atoms with E-state index in [1.807, 2.05) is 31.2 Å². The van der Waals surface area contributed by atoms with Crippen LogP contribution < -0.4 is 14.8 Å². The molecule has 5 heteroatoms. The van der Waals surface area contributed by atoms with Crippen LogP contribution in [0.25, 0.3) is 0 Å². The largest absolute Gasteiger partial charge is 0.493 e. The third-order valence-corrected chi connectivity index (χ3v) is 4.09. The van der Waals surface area contributed by atoms with Crippen LogP contribution in [0.4, 0.5) is 5.69 Å². The predicted molar refractivity (Wildman–Crippen MR) is 87.2 cm³/mol. The van der Waals surface area contributed by atoms with Gasteiger partial charge in [0.05, 0.1) is 14.2 Å². The molecule has 0 saturated carbocycles. The number of benzene rings is 2. The number of rotatable bonds is 4. The van der Waals surface area contributed by atoms with Crippen molar-refractivity contribution >= 4 is 11.7 Å². The first kappa shape index (κ1) is 15.2. The first-order valence-electron chi connectivity index (χ1n) is 7.34. The van der Waals surface area contributed by atoms with Crippen LogP contribution in [0.1, 0.15) is 33.3 Å². The van der Waals surface area contributed by atoms with Crippen LogP contribution in [-0.2, 0) is 4.74 Å². The lowest BCUT2D eigenvalue weighted by Gasteiger charge is -2.16. The smallest absolute Gasteiger partial charge is 0.344 e. The van der Waals surface area contributed by atoms with Crippen molar-refractivity contribution in [3.8, 4) is 11.5 Å². The number of aryl methyl sites for hydroxylation is 2. The number of nitrogens with one attached hydrogen (secondary N) is 1. The van der Waals surface area contributed by atoms with Crippen molar-refractivity contribution in [1.82, 2.24) is 0 Å². The fourth-order valence-corrected chi connectivity index (χ4v) is 2.69. The topological polar surface area (TPSA) is 56.8 Å². The van der Waals surface area contributed by atoms with Crippen LogP contribution in [0.5, 0.6) is 11.5 Å². The van der Waals surface area contributed by atoms with Gasteiger partial charge in [-0.2, -0.15) is 0 Å². The van der Waals surface area contributed by atoms with Crippen molar-refractivity contribution in [1.29, 1.82) is 0 Å². The van der Waals surface area contributed by atoms with Crippen LogP contribution in [0.2, 0.25) is 0 Å². The third kappa shape index (κ3) is 2.59. The zero-order valence-electron chi connectivity index (χ0n) is 13.6. The number of carbonyl (C=O) groups is 1. The van der Waals surface area contributed by atoms with Gasteiger partial charge in [0, 0.05) is 11.3 Å². The Morgan fingerprint density at radius 1 is 1.04 bits per heavy atom. The van der Waals surface area contributed by atoms with Gasteiger partial charge in [0.2, 0.25) is 6.23 Å². The van der Waals surface area contributed by atoms with Gasteiger partial charge in [-0.25, -0.2) is 4.79 Å². The molecule has 0 radical (unpaired) electrons. The molecule has 0 aromatic heterocycles. The molecule has 2 aromatic rings. The second-order valence-corrected chi connectivity index (χ2v) is 5.49. The van der Waals surface area contributed by atoms with Gasteiger partial charge in [-0.1, -0.05) is 6.07 Å². The number of carbonyl (C=O) groups excluding carboxylic acids is 1. The van der Waals surface area contributed by atoms with Crippen LogP contribution >= 0.6 is 0 Å². The average molecular weight is 313 g/mol. The number of esters is 1. The van der Waals surface area contributed by atoms with Crippen molar-refractivity contribution in [2.75, 3.05) is 19.5 Å². The normalized spacial score (nSPS) is 15.8. The zero-order valence-corrected chi connectivity index (χ0v) is 13.6. The number of anilines is 1. The van der Waals surface area contributed by atoms with E-state index in [9.17, 15) is 4.79 Å². The summed E-state index contributed by atoms with van der Waals surface area (Å²) < 4.78 is 16.0. The van der Waals surface area contributed by atoms with Crippen molar-refractivity contribution in [2.24, 2.45) is 0 Å². The molecule has 23 heavy (non-hydrogen) atoms. The minimum atomic E-state index is -0.542. The Morgan fingerprint density at radius 3 is 2.48 bits per heavy atom. The lowest BCUT2D eigenvalue weighted by atomic mass is 10.1. The maximum absolute atomic E-state index is 12.2. The highest BCUT2D eigenvalue weighted by Gasteiger charge is 2.35. The van der Waals surface area contributed by atoms with E-state index in [1.165, 1.54) is 25.3 Å². The average Bonchev–Trinajstić information content (AvgIpc) is 2.86. The van der Waals surface area contributed by atoms with Gasteiger partial charge in [-0.05, 0) is 49.2 Å². The quantitative estimate of drug-likeness (QED) is 0.874. The van der Waals surface area contributed by atoms with Gasteiger partial charge in [-0.3, -0.25) is 0 Å². The molecule has 1 atom stereocenters. The van der Waals surface area contributed by atoms with Gasteiger partial charge < -0.3 is 19.5 Å². The second kappa shape index (κ2) is 5.83. The van der Waals surface area contributed by atoms with E-state index in [-0.39, 0.29) is 0 Å². The number of ether oxygens (including phenoxy) is 3. The first-order chi connectivity index (χ1) is 11.0. The molecule has 0 saturated heterocycles. The number of hydrogen-bond donors (Lipinski definition) is 1. The highest BCUT2D eigenvalue weighted by atomic mass is 16.6. The Bertz CT molecular complexity index is 770. The van der Waals surface area contributed by atoms with Gasteiger partial charge in [0.1, 0.15) is 5.56 Å². The van der Waals surface area contributed by atoms with Crippen molar-refractivity contribution in [2.45, 2.75) is 20.1 Å². The highest BCUT2D eigenvalue weighted by molar-refractivity contribution is 5.98. The van der Waals surface area contributed by atoms with Gasteiger partial charge in [0.25, 0.3) is 0 Å². The molecule has 120 valence electrons. The maximum Gasteiger partial charge on any atom is 0.344 e. The fraction of sp³-hybridized carbons (Fsp3) is 0.278. The van der Waals surface area contributed by atoms with Gasteiger partial charge >= 0.3 is 5.97 Å². The number of fused-ring (bicyclic) bond motifs is 1. The fourth-order valence-electron chi connectivity index (χ4n) is 2.69. The van der Waals surface area contributed by atoms with Crippen molar-refractivity contribution < 1.29 is 19.0 Å². The Hall–Kier alpha value is -2.69. The van der Waals surface area contributed by atoms with Crippen molar-refractivity contribution in [3.05, 3.63) is 52.6 Å². The summed E-state index contributed by atoms with van der Waals surface area (Å²) in [6.45, 7) is 4.10. The molecule has 2 aromatic carbocycles. The Balaban J connectivity index is 1.97. The summed E-state index contributed by atoms with van der Waals surface area (Å²) in [4.78, 5) is 12.2. The molecule has 0 spiro atoms. The van der Waals surface area contributed by atoms with E-state index in [0.717, 1.165) is 11.3 Å². The zero-order chi connectivity index (χ0) is 16.6. The third-order valence-electron chi connectivity index (χ3n) is 4.09. The number of hydrogen-bond acceptors (Lipinski definition) is 5. The Kier molecular flexibility index (Phi) is 3.86. The molecule has 1 aliphatic heterocycles. The van der Waals surface area contributed by atoms with Crippen LogP contribution in [0.15, 0.2) is 30.3 Å². The minimum Gasteiger partial charge on any atom is -0.493 e. The highest BCUT2D eigenvalue weighted by Crippen LogP contribution is 2.42. The van der Waals surface area contributed by atoms with E-state index in [1.54, 1.807) is 6.07 Å². The molecular formula is C18H19NO4. The van der Waals surface area contributed by atoms with Crippen LogP contribution in [0, 0.1) is 13.8 Å². The Morgan fingerprint density at radius 2 is 1.83 bits per heavy atom. The van der Waals surface area contributed by atoms with Crippen molar-refractivity contribution in [3.63, 3.8) is 0 Å². The molecule has 0 unspecified atom stereocenters. The minimum absolute atomic E-state index is 0.402. The molecular weight excluding hydrogens is 294 g/mol. The van der Waals surface area contributed by atoms with E-state index in [4.69, 9.17) is 14.2 Å². The standard InChI is InChI=1S/C18H19NO4/c1-10-5-6-12(9-11(10)2)19-17-13-7-8-14(21-3)16(22-4)15(13)18(20)23-17/h5-9,17,19H,1-4H3/t17-/m0/s1. The molecule has 0 aliphatic carbocycles. The predicted octanol–water partition coefficient (Wildman–Crippen LogP) is 3.60.